The number of hydrogen-bond donors (Lipinski definition) is 0. The predicted molar refractivity (Wildman–Crippen MR) is 64.5 cm³/mol. The van der Waals surface area contributed by atoms with Crippen LogP contribution in [0, 0.1) is 0 Å². The maximum Gasteiger partial charge on any atom is 0.248 e. The molecule has 0 atom stereocenters. The van der Waals surface area contributed by atoms with E-state index in [-0.39, 0.29) is 24.5 Å². The molecule has 0 spiro atoms. The van der Waals surface area contributed by atoms with Crippen LogP contribution in [0.2, 0.25) is 0 Å². The van der Waals surface area contributed by atoms with Crippen molar-refractivity contribution in [1.29, 1.82) is 0 Å². The van der Waals surface area contributed by atoms with Crippen LogP contribution in [0.3, 0.4) is 0 Å². The molecule has 5 heteroatoms. The molecule has 1 aliphatic rings. The summed E-state index contributed by atoms with van der Waals surface area (Å²) in [5.74, 6) is 0.0989. The molecule has 0 radical (unpaired) electrons. The van der Waals surface area contributed by atoms with Crippen LogP contribution < -0.4 is 0 Å². The molecule has 2 amide bonds. The number of carbonyl (C=O) groups excluding carboxylic acids is 2. The van der Waals surface area contributed by atoms with Crippen LogP contribution >= 0.6 is 0 Å². The van der Waals surface area contributed by atoms with E-state index >= 15 is 0 Å². The Kier molecular flexibility index (Phi) is 5.41. The van der Waals surface area contributed by atoms with Gasteiger partial charge in [0.1, 0.15) is 6.61 Å². The van der Waals surface area contributed by atoms with Crippen LogP contribution in [0.25, 0.3) is 0 Å². The highest BCUT2D eigenvalue weighted by Crippen LogP contribution is 2.04. The summed E-state index contributed by atoms with van der Waals surface area (Å²) >= 11 is 0. The molecular formula is C12H22N2O3. The second-order valence-corrected chi connectivity index (χ2v) is 4.60. The molecule has 17 heavy (non-hydrogen) atoms. The molecule has 0 N–H and O–H groups in total. The molecule has 0 unspecified atom stereocenters. The first-order chi connectivity index (χ1) is 8.00. The van der Waals surface area contributed by atoms with E-state index in [1.807, 2.05) is 13.8 Å². The van der Waals surface area contributed by atoms with Gasteiger partial charge in [0.2, 0.25) is 11.8 Å². The zero-order valence-corrected chi connectivity index (χ0v) is 10.9. The Morgan fingerprint density at radius 1 is 1.12 bits per heavy atom. The first-order valence-corrected chi connectivity index (χ1v) is 6.15. The van der Waals surface area contributed by atoms with Crippen molar-refractivity contribution in [3.63, 3.8) is 0 Å². The van der Waals surface area contributed by atoms with Gasteiger partial charge in [-0.2, -0.15) is 0 Å². The third-order valence-corrected chi connectivity index (χ3v) is 2.83. The fourth-order valence-corrected chi connectivity index (χ4v) is 1.81. The highest BCUT2D eigenvalue weighted by molar-refractivity contribution is 5.78. The van der Waals surface area contributed by atoms with Crippen molar-refractivity contribution in [1.82, 2.24) is 9.80 Å². The van der Waals surface area contributed by atoms with E-state index in [2.05, 4.69) is 0 Å². The molecular weight excluding hydrogens is 220 g/mol. The third kappa shape index (κ3) is 4.73. The molecule has 0 aromatic carbocycles. The van der Waals surface area contributed by atoms with Crippen molar-refractivity contribution in [3.05, 3.63) is 0 Å². The minimum absolute atomic E-state index is 0.0177. The number of carbonyl (C=O) groups is 2. The van der Waals surface area contributed by atoms with Gasteiger partial charge in [-0.15, -0.1) is 0 Å². The lowest BCUT2D eigenvalue weighted by atomic mass is 10.3. The summed E-state index contributed by atoms with van der Waals surface area (Å²) in [5.41, 5.74) is 0. The Morgan fingerprint density at radius 3 is 2.29 bits per heavy atom. The second kappa shape index (κ2) is 6.59. The second-order valence-electron chi connectivity index (χ2n) is 4.60. The Bertz CT molecular complexity index is 279. The highest BCUT2D eigenvalue weighted by atomic mass is 16.5. The van der Waals surface area contributed by atoms with Gasteiger partial charge in [0.05, 0.1) is 6.10 Å². The summed E-state index contributed by atoms with van der Waals surface area (Å²) in [5, 5.41) is 0. The summed E-state index contributed by atoms with van der Waals surface area (Å²) < 4.78 is 5.30. The van der Waals surface area contributed by atoms with Gasteiger partial charge in [0, 0.05) is 33.1 Å². The number of ether oxygens (including phenoxy) is 1. The monoisotopic (exact) mass is 242 g/mol. The van der Waals surface area contributed by atoms with Crippen molar-refractivity contribution in [2.24, 2.45) is 0 Å². The first kappa shape index (κ1) is 14.0. The summed E-state index contributed by atoms with van der Waals surface area (Å²) in [6, 6.07) is 0. The van der Waals surface area contributed by atoms with Crippen LogP contribution in [0.4, 0.5) is 0 Å². The summed E-state index contributed by atoms with van der Waals surface area (Å²) in [4.78, 5) is 26.6. The van der Waals surface area contributed by atoms with Crippen molar-refractivity contribution < 1.29 is 14.3 Å². The number of hydrogen-bond acceptors (Lipinski definition) is 3. The SMILES string of the molecule is CC(=O)N1CCCN(C(=O)COC(C)C)CC1. The lowest BCUT2D eigenvalue weighted by Gasteiger charge is -2.21. The van der Waals surface area contributed by atoms with Crippen molar-refractivity contribution >= 4 is 11.8 Å². The molecule has 0 aliphatic carbocycles. The smallest absolute Gasteiger partial charge is 0.248 e. The van der Waals surface area contributed by atoms with E-state index in [1.165, 1.54) is 0 Å². The van der Waals surface area contributed by atoms with Gasteiger partial charge in [-0.05, 0) is 20.3 Å². The maximum absolute atomic E-state index is 11.8. The average Bonchev–Trinajstić information content (AvgIpc) is 2.51. The normalized spacial score (nSPS) is 17.2. The van der Waals surface area contributed by atoms with Gasteiger partial charge in [-0.3, -0.25) is 9.59 Å². The van der Waals surface area contributed by atoms with E-state index in [0.29, 0.717) is 19.6 Å². The van der Waals surface area contributed by atoms with E-state index < -0.39 is 0 Å². The Morgan fingerprint density at radius 2 is 1.71 bits per heavy atom. The molecule has 1 heterocycles. The largest absolute Gasteiger partial charge is 0.369 e. The van der Waals surface area contributed by atoms with Crippen LogP contribution in [0.5, 0.6) is 0 Å². The Labute approximate surface area is 103 Å². The zero-order valence-electron chi connectivity index (χ0n) is 10.9. The van der Waals surface area contributed by atoms with Gasteiger partial charge in [0.15, 0.2) is 0 Å². The van der Waals surface area contributed by atoms with Crippen LogP contribution in [-0.2, 0) is 14.3 Å². The molecule has 1 rings (SSSR count). The fourth-order valence-electron chi connectivity index (χ4n) is 1.81. The summed E-state index contributed by atoms with van der Waals surface area (Å²) in [7, 11) is 0. The molecule has 98 valence electrons. The molecule has 0 saturated carbocycles. The molecule has 5 nitrogen and oxygen atoms in total. The quantitative estimate of drug-likeness (QED) is 0.724. The highest BCUT2D eigenvalue weighted by Gasteiger charge is 2.20. The number of rotatable bonds is 3. The van der Waals surface area contributed by atoms with E-state index in [0.717, 1.165) is 13.0 Å². The molecule has 0 aromatic heterocycles. The lowest BCUT2D eigenvalue weighted by Crippen LogP contribution is -2.38. The fraction of sp³-hybridized carbons (Fsp3) is 0.833. The molecule has 1 fully saturated rings. The van der Waals surface area contributed by atoms with Gasteiger partial charge in [-0.25, -0.2) is 0 Å². The summed E-state index contributed by atoms with van der Waals surface area (Å²) in [6.07, 6.45) is 0.909. The van der Waals surface area contributed by atoms with E-state index in [4.69, 9.17) is 4.74 Å². The topological polar surface area (TPSA) is 49.9 Å². The predicted octanol–water partition coefficient (Wildman–Crippen LogP) is 0.492. The van der Waals surface area contributed by atoms with Crippen molar-refractivity contribution in [2.75, 3.05) is 32.8 Å². The molecule has 1 saturated heterocycles. The van der Waals surface area contributed by atoms with Crippen molar-refractivity contribution in [3.8, 4) is 0 Å². The molecule has 0 bridgehead atoms. The first-order valence-electron chi connectivity index (χ1n) is 6.15. The van der Waals surface area contributed by atoms with Crippen molar-refractivity contribution in [2.45, 2.75) is 33.3 Å². The van der Waals surface area contributed by atoms with Gasteiger partial charge in [-0.1, -0.05) is 0 Å². The van der Waals surface area contributed by atoms with Crippen LogP contribution in [0.1, 0.15) is 27.2 Å². The summed E-state index contributed by atoms with van der Waals surface area (Å²) in [6.45, 7) is 8.22. The van der Waals surface area contributed by atoms with E-state index in [1.54, 1.807) is 16.7 Å². The molecule has 1 aliphatic heterocycles. The molecule has 0 aromatic rings. The average molecular weight is 242 g/mol. The van der Waals surface area contributed by atoms with Crippen LogP contribution in [0.15, 0.2) is 0 Å². The number of amides is 2. The minimum Gasteiger partial charge on any atom is -0.369 e. The van der Waals surface area contributed by atoms with Gasteiger partial charge < -0.3 is 14.5 Å². The minimum atomic E-state index is 0.0177. The number of nitrogens with zero attached hydrogens (tertiary/aromatic N) is 2. The third-order valence-electron chi connectivity index (χ3n) is 2.83. The lowest BCUT2D eigenvalue weighted by molar-refractivity contribution is -0.138. The Balaban J connectivity index is 2.40. The van der Waals surface area contributed by atoms with Crippen LogP contribution in [-0.4, -0.2) is 60.5 Å². The van der Waals surface area contributed by atoms with E-state index in [9.17, 15) is 9.59 Å². The van der Waals surface area contributed by atoms with Gasteiger partial charge >= 0.3 is 0 Å². The zero-order chi connectivity index (χ0) is 12.8. The maximum atomic E-state index is 11.8. The Hall–Kier alpha value is -1.10. The standard InChI is InChI=1S/C12H22N2O3/c1-10(2)17-9-12(16)14-6-4-5-13(7-8-14)11(3)15/h10H,4-9H2,1-3H3. The van der Waals surface area contributed by atoms with Gasteiger partial charge in [0.25, 0.3) is 0 Å².